The molecule has 4 nitrogen and oxygen atoms in total. The number of nitrogens with one attached hydrogen (secondary N) is 1. The summed E-state index contributed by atoms with van der Waals surface area (Å²) in [6.45, 7) is 2.59. The lowest BCUT2D eigenvalue weighted by Gasteiger charge is -2.28. The zero-order valence-corrected chi connectivity index (χ0v) is 15.3. The number of nitrogens with zero attached hydrogens (tertiary/aromatic N) is 1. The second-order valence-corrected chi connectivity index (χ2v) is 8.12. The number of thiazole rings is 1. The Morgan fingerprint density at radius 3 is 3.04 bits per heavy atom. The van der Waals surface area contributed by atoms with Gasteiger partial charge in [0.15, 0.2) is 0 Å². The number of hydrogen-bond donors (Lipinski definition) is 1. The van der Waals surface area contributed by atoms with Crippen LogP contribution in [0.1, 0.15) is 48.7 Å². The summed E-state index contributed by atoms with van der Waals surface area (Å²) in [4.78, 5) is 16.8. The second-order valence-electron chi connectivity index (χ2n) is 7.40. The molecule has 5 heteroatoms. The van der Waals surface area contributed by atoms with Crippen LogP contribution in [0, 0.1) is 17.8 Å². The van der Waals surface area contributed by atoms with Crippen molar-refractivity contribution >= 4 is 17.2 Å². The molecule has 1 N–H and O–H groups in total. The topological polar surface area (TPSA) is 51.2 Å². The third kappa shape index (κ3) is 3.71. The van der Waals surface area contributed by atoms with E-state index in [1.54, 1.807) is 16.8 Å². The monoisotopic (exact) mass is 356 g/mol. The van der Waals surface area contributed by atoms with E-state index in [-0.39, 0.29) is 11.9 Å². The van der Waals surface area contributed by atoms with E-state index >= 15 is 0 Å². The molecule has 4 atom stereocenters. The molecule has 0 aliphatic heterocycles. The van der Waals surface area contributed by atoms with Gasteiger partial charge in [0.05, 0.1) is 11.2 Å². The van der Waals surface area contributed by atoms with Crippen molar-refractivity contribution < 1.29 is 9.53 Å². The van der Waals surface area contributed by atoms with Gasteiger partial charge in [0.1, 0.15) is 12.4 Å². The van der Waals surface area contributed by atoms with Gasteiger partial charge in [-0.05, 0) is 62.1 Å². The van der Waals surface area contributed by atoms with Gasteiger partial charge in [0.2, 0.25) is 0 Å². The highest BCUT2D eigenvalue weighted by Gasteiger charge is 2.42. The van der Waals surface area contributed by atoms with Crippen molar-refractivity contribution in [1.82, 2.24) is 10.3 Å². The number of hydrogen-bond acceptors (Lipinski definition) is 4. The molecule has 0 saturated heterocycles. The third-order valence-electron chi connectivity index (χ3n) is 5.76. The molecule has 0 spiro atoms. The van der Waals surface area contributed by atoms with Crippen LogP contribution in [0.2, 0.25) is 0 Å². The number of rotatable bonds is 6. The summed E-state index contributed by atoms with van der Waals surface area (Å²) < 4.78 is 5.75. The molecular weight excluding hydrogens is 332 g/mol. The number of ether oxygens (including phenoxy) is 1. The maximum atomic E-state index is 12.6. The Hall–Kier alpha value is -1.88. The van der Waals surface area contributed by atoms with Gasteiger partial charge in [0.25, 0.3) is 5.91 Å². The van der Waals surface area contributed by atoms with Gasteiger partial charge in [0, 0.05) is 17.0 Å². The molecule has 25 heavy (non-hydrogen) atoms. The van der Waals surface area contributed by atoms with Gasteiger partial charge in [-0.1, -0.05) is 12.5 Å². The van der Waals surface area contributed by atoms with Gasteiger partial charge >= 0.3 is 0 Å². The molecule has 132 valence electrons. The van der Waals surface area contributed by atoms with Crippen molar-refractivity contribution in [3.8, 4) is 5.75 Å². The maximum Gasteiger partial charge on any atom is 0.251 e. The largest absolute Gasteiger partial charge is 0.487 e. The van der Waals surface area contributed by atoms with Crippen molar-refractivity contribution in [1.29, 1.82) is 0 Å². The molecule has 2 aromatic rings. The minimum absolute atomic E-state index is 0.00520. The first-order valence-corrected chi connectivity index (χ1v) is 10.0. The summed E-state index contributed by atoms with van der Waals surface area (Å²) in [6.07, 6.45) is 5.38. The lowest BCUT2D eigenvalue weighted by Crippen LogP contribution is -2.40. The van der Waals surface area contributed by atoms with Crippen molar-refractivity contribution in [3.05, 3.63) is 46.4 Å². The summed E-state index contributed by atoms with van der Waals surface area (Å²) in [5.41, 5.74) is 3.36. The summed E-state index contributed by atoms with van der Waals surface area (Å²) in [5.74, 6) is 3.05. The van der Waals surface area contributed by atoms with E-state index < -0.39 is 0 Å². The van der Waals surface area contributed by atoms with E-state index in [9.17, 15) is 4.79 Å². The minimum Gasteiger partial charge on any atom is -0.487 e. The summed E-state index contributed by atoms with van der Waals surface area (Å²) >= 11 is 1.55. The fourth-order valence-electron chi connectivity index (χ4n) is 4.50. The van der Waals surface area contributed by atoms with Gasteiger partial charge in [-0.15, -0.1) is 11.3 Å². The van der Waals surface area contributed by atoms with Crippen LogP contribution in [-0.2, 0) is 6.61 Å². The molecule has 2 aliphatic rings. The van der Waals surface area contributed by atoms with Gasteiger partial charge < -0.3 is 10.1 Å². The molecule has 4 unspecified atom stereocenters. The maximum absolute atomic E-state index is 12.6. The Bertz CT molecular complexity index is 731. The number of carbonyl (C=O) groups is 1. The van der Waals surface area contributed by atoms with Crippen molar-refractivity contribution in [2.45, 2.75) is 45.3 Å². The van der Waals surface area contributed by atoms with E-state index in [1.165, 1.54) is 25.7 Å². The molecular formula is C20H24N2O2S. The first-order chi connectivity index (χ1) is 12.2. The zero-order chi connectivity index (χ0) is 17.2. The molecule has 2 bridgehead atoms. The molecule has 4 rings (SSSR count). The average Bonchev–Trinajstić information content (AvgIpc) is 3.37. The van der Waals surface area contributed by atoms with Crippen molar-refractivity contribution in [3.63, 3.8) is 0 Å². The summed E-state index contributed by atoms with van der Waals surface area (Å²) in [7, 11) is 0. The fourth-order valence-corrected chi connectivity index (χ4v) is 5.04. The van der Waals surface area contributed by atoms with E-state index in [0.717, 1.165) is 17.5 Å². The zero-order valence-electron chi connectivity index (χ0n) is 14.5. The van der Waals surface area contributed by atoms with Crippen LogP contribution in [0.4, 0.5) is 0 Å². The quantitative estimate of drug-likeness (QED) is 0.840. The molecule has 1 amide bonds. The van der Waals surface area contributed by atoms with Crippen LogP contribution in [0.5, 0.6) is 5.75 Å². The van der Waals surface area contributed by atoms with Gasteiger partial charge in [-0.2, -0.15) is 0 Å². The van der Waals surface area contributed by atoms with Crippen LogP contribution in [0.15, 0.2) is 35.2 Å². The number of benzene rings is 1. The van der Waals surface area contributed by atoms with Crippen LogP contribution in [-0.4, -0.2) is 16.9 Å². The fraction of sp³-hybridized carbons (Fsp3) is 0.500. The predicted molar refractivity (Wildman–Crippen MR) is 98.8 cm³/mol. The molecule has 0 radical (unpaired) electrons. The minimum atomic E-state index is -0.00520. The number of fused-ring (bicyclic) bond motifs is 2. The Morgan fingerprint density at radius 1 is 1.40 bits per heavy atom. The standard InChI is InChI=1S/C20H24N2O2S/c1-13(19-8-14-5-6-15(19)7-14)22-20(23)16-3-2-4-18(9-16)24-10-17-11-25-12-21-17/h2-4,9,11-15,19H,5-8,10H2,1H3,(H,22,23). The van der Waals surface area contributed by atoms with Crippen molar-refractivity contribution in [2.24, 2.45) is 17.8 Å². The Kier molecular flexibility index (Phi) is 4.75. The van der Waals surface area contributed by atoms with Crippen LogP contribution in [0.25, 0.3) is 0 Å². The molecule has 1 aromatic carbocycles. The van der Waals surface area contributed by atoms with Crippen molar-refractivity contribution in [2.75, 3.05) is 0 Å². The van der Waals surface area contributed by atoms with Crippen LogP contribution >= 0.6 is 11.3 Å². The smallest absolute Gasteiger partial charge is 0.251 e. The Morgan fingerprint density at radius 2 is 2.32 bits per heavy atom. The third-order valence-corrected chi connectivity index (χ3v) is 6.40. The number of amides is 1. The SMILES string of the molecule is CC(NC(=O)c1cccc(OCc2cscn2)c1)C1CC2CCC1C2. The predicted octanol–water partition coefficient (Wildman–Crippen LogP) is 4.28. The molecule has 2 aliphatic carbocycles. The normalized spacial score (nSPS) is 25.7. The number of aromatic nitrogens is 1. The first-order valence-electron chi connectivity index (χ1n) is 9.10. The van der Waals surface area contributed by atoms with Gasteiger partial charge in [-0.3, -0.25) is 4.79 Å². The number of carbonyl (C=O) groups excluding carboxylic acids is 1. The molecule has 2 fully saturated rings. The molecule has 1 heterocycles. The summed E-state index contributed by atoms with van der Waals surface area (Å²) in [5, 5.41) is 5.18. The molecule has 2 saturated carbocycles. The average molecular weight is 356 g/mol. The van der Waals surface area contributed by atoms with Crippen LogP contribution < -0.4 is 10.1 Å². The first kappa shape index (κ1) is 16.6. The summed E-state index contributed by atoms with van der Waals surface area (Å²) in [6, 6.07) is 7.64. The van der Waals surface area contributed by atoms with E-state index in [4.69, 9.17) is 4.74 Å². The lowest BCUT2D eigenvalue weighted by molar-refractivity contribution is 0.0915. The lowest BCUT2D eigenvalue weighted by atomic mass is 9.84. The van der Waals surface area contributed by atoms with Gasteiger partial charge in [-0.25, -0.2) is 4.98 Å². The van der Waals surface area contributed by atoms with Crippen LogP contribution in [0.3, 0.4) is 0 Å². The Labute approximate surface area is 152 Å². The highest BCUT2D eigenvalue weighted by atomic mass is 32.1. The highest BCUT2D eigenvalue weighted by Crippen LogP contribution is 2.49. The Balaban J connectivity index is 1.35. The molecule has 1 aromatic heterocycles. The van der Waals surface area contributed by atoms with E-state index in [0.29, 0.717) is 23.8 Å². The van der Waals surface area contributed by atoms with E-state index in [1.807, 2.05) is 29.6 Å². The second kappa shape index (κ2) is 7.16. The van der Waals surface area contributed by atoms with E-state index in [2.05, 4.69) is 17.2 Å². The highest BCUT2D eigenvalue weighted by molar-refractivity contribution is 7.07.